The number of ether oxygens (including phenoxy) is 1. The number of nitro benzene ring substituents is 1. The molecule has 106 valence electrons. The number of hydrogen-bond acceptors (Lipinski definition) is 5. The van der Waals surface area contributed by atoms with E-state index in [0.29, 0.717) is 25.4 Å². The van der Waals surface area contributed by atoms with Crippen LogP contribution in [0.15, 0.2) is 12.1 Å². The number of anilines is 1. The van der Waals surface area contributed by atoms with Crippen molar-refractivity contribution in [3.63, 3.8) is 0 Å². The van der Waals surface area contributed by atoms with Crippen LogP contribution in [0.2, 0.25) is 10.0 Å². The predicted octanol–water partition coefficient (Wildman–Crippen LogP) is 2.55. The van der Waals surface area contributed by atoms with E-state index in [2.05, 4.69) is 10.6 Å². The van der Waals surface area contributed by atoms with Crippen molar-refractivity contribution in [1.82, 2.24) is 5.32 Å². The molecule has 0 amide bonds. The van der Waals surface area contributed by atoms with Crippen molar-refractivity contribution in [3.05, 3.63) is 32.3 Å². The molecular formula is C11H15Cl2N3O3. The molecule has 0 bridgehead atoms. The van der Waals surface area contributed by atoms with Gasteiger partial charge in [-0.1, -0.05) is 23.2 Å². The van der Waals surface area contributed by atoms with Crippen LogP contribution in [0, 0.1) is 10.1 Å². The molecule has 0 aromatic heterocycles. The first-order valence-corrected chi connectivity index (χ1v) is 6.38. The van der Waals surface area contributed by atoms with Crippen molar-refractivity contribution in [2.45, 2.75) is 0 Å². The Morgan fingerprint density at radius 3 is 2.42 bits per heavy atom. The fourth-order valence-electron chi connectivity index (χ4n) is 1.41. The van der Waals surface area contributed by atoms with Crippen LogP contribution < -0.4 is 10.6 Å². The molecule has 0 aliphatic heterocycles. The van der Waals surface area contributed by atoms with Gasteiger partial charge in [0.15, 0.2) is 0 Å². The molecule has 0 heterocycles. The lowest BCUT2D eigenvalue weighted by molar-refractivity contribution is -0.384. The van der Waals surface area contributed by atoms with Crippen LogP contribution in [0.1, 0.15) is 0 Å². The highest BCUT2D eigenvalue weighted by atomic mass is 35.5. The topological polar surface area (TPSA) is 76.4 Å². The summed E-state index contributed by atoms with van der Waals surface area (Å²) in [6.07, 6.45) is 0. The van der Waals surface area contributed by atoms with Gasteiger partial charge in [-0.25, -0.2) is 0 Å². The van der Waals surface area contributed by atoms with Gasteiger partial charge in [0.2, 0.25) is 0 Å². The van der Waals surface area contributed by atoms with Gasteiger partial charge in [0.25, 0.3) is 5.69 Å². The van der Waals surface area contributed by atoms with Gasteiger partial charge in [0.1, 0.15) is 0 Å². The summed E-state index contributed by atoms with van der Waals surface area (Å²) in [4.78, 5) is 10.1. The summed E-state index contributed by atoms with van der Waals surface area (Å²) < 4.78 is 4.89. The summed E-state index contributed by atoms with van der Waals surface area (Å²) in [5.74, 6) is 0. The van der Waals surface area contributed by atoms with E-state index in [1.807, 2.05) is 0 Å². The minimum atomic E-state index is -0.534. The van der Waals surface area contributed by atoms with Gasteiger partial charge in [-0.3, -0.25) is 10.1 Å². The summed E-state index contributed by atoms with van der Waals surface area (Å²) in [5, 5.41) is 17.3. The molecule has 0 atom stereocenters. The fraction of sp³-hybridized carbons (Fsp3) is 0.455. The van der Waals surface area contributed by atoms with E-state index in [1.165, 1.54) is 12.1 Å². The van der Waals surface area contributed by atoms with Gasteiger partial charge in [-0.15, -0.1) is 0 Å². The van der Waals surface area contributed by atoms with Gasteiger partial charge >= 0.3 is 0 Å². The normalized spacial score (nSPS) is 10.5. The Balaban J connectivity index is 2.52. The van der Waals surface area contributed by atoms with E-state index in [0.717, 1.165) is 6.54 Å². The number of nitrogens with one attached hydrogen (secondary N) is 2. The van der Waals surface area contributed by atoms with Crippen molar-refractivity contribution in [1.29, 1.82) is 0 Å². The second kappa shape index (κ2) is 8.16. The average Bonchev–Trinajstić information content (AvgIpc) is 2.35. The van der Waals surface area contributed by atoms with Crippen LogP contribution in [-0.4, -0.2) is 38.3 Å². The van der Waals surface area contributed by atoms with E-state index in [4.69, 9.17) is 27.9 Å². The molecule has 0 spiro atoms. The van der Waals surface area contributed by atoms with Crippen LogP contribution in [0.4, 0.5) is 11.4 Å². The lowest BCUT2D eigenvalue weighted by atomic mass is 10.2. The molecule has 0 saturated carbocycles. The van der Waals surface area contributed by atoms with Gasteiger partial charge in [0, 0.05) is 38.9 Å². The van der Waals surface area contributed by atoms with Crippen LogP contribution >= 0.6 is 23.2 Å². The number of nitrogens with zero attached hydrogens (tertiary/aromatic N) is 1. The SMILES string of the molecule is COCCNCCNc1c(Cl)cc([N+](=O)[O-])cc1Cl. The number of benzene rings is 1. The third-order valence-electron chi connectivity index (χ3n) is 2.32. The van der Waals surface area contributed by atoms with E-state index in [-0.39, 0.29) is 15.7 Å². The number of hydrogen-bond donors (Lipinski definition) is 2. The molecule has 1 aromatic rings. The van der Waals surface area contributed by atoms with E-state index >= 15 is 0 Å². The van der Waals surface area contributed by atoms with Gasteiger partial charge in [-0.05, 0) is 0 Å². The zero-order valence-electron chi connectivity index (χ0n) is 10.4. The third kappa shape index (κ3) is 5.20. The highest BCUT2D eigenvalue weighted by molar-refractivity contribution is 6.39. The van der Waals surface area contributed by atoms with Crippen molar-refractivity contribution in [2.24, 2.45) is 0 Å². The molecule has 2 N–H and O–H groups in total. The molecule has 0 radical (unpaired) electrons. The smallest absolute Gasteiger partial charge is 0.272 e. The Hall–Kier alpha value is -1.08. The van der Waals surface area contributed by atoms with E-state index < -0.39 is 4.92 Å². The predicted molar refractivity (Wildman–Crippen MR) is 76.4 cm³/mol. The Labute approximate surface area is 121 Å². The van der Waals surface area contributed by atoms with Gasteiger partial charge in [0.05, 0.1) is 27.3 Å². The Bertz CT molecular complexity index is 420. The summed E-state index contributed by atoms with van der Waals surface area (Å²) in [7, 11) is 1.64. The number of methoxy groups -OCH3 is 1. The third-order valence-corrected chi connectivity index (χ3v) is 2.92. The summed E-state index contributed by atoms with van der Waals surface area (Å²) in [6.45, 7) is 2.69. The summed E-state index contributed by atoms with van der Waals surface area (Å²) in [5.41, 5.74) is 0.376. The maximum Gasteiger partial charge on any atom is 0.272 e. The zero-order chi connectivity index (χ0) is 14.3. The standard InChI is InChI=1S/C11H15Cl2N3O3/c1-19-5-4-14-2-3-15-11-9(12)6-8(16(17)18)7-10(11)13/h6-7,14-15H,2-5H2,1H3. The van der Waals surface area contributed by atoms with Crippen molar-refractivity contribution < 1.29 is 9.66 Å². The number of nitro groups is 1. The molecule has 1 rings (SSSR count). The molecule has 0 saturated heterocycles. The second-order valence-corrected chi connectivity index (χ2v) is 4.53. The molecular weight excluding hydrogens is 293 g/mol. The molecule has 0 aliphatic rings. The first-order chi connectivity index (χ1) is 9.06. The lowest BCUT2D eigenvalue weighted by Crippen LogP contribution is -2.25. The summed E-state index contributed by atoms with van der Waals surface area (Å²) >= 11 is 11.9. The Kier molecular flexibility index (Phi) is 6.86. The summed E-state index contributed by atoms with van der Waals surface area (Å²) in [6, 6.07) is 2.54. The average molecular weight is 308 g/mol. The lowest BCUT2D eigenvalue weighted by Gasteiger charge is -2.10. The minimum Gasteiger partial charge on any atom is -0.383 e. The molecule has 1 aromatic carbocycles. The fourth-order valence-corrected chi connectivity index (χ4v) is 2.02. The molecule has 0 unspecified atom stereocenters. The first kappa shape index (κ1) is 16.0. The van der Waals surface area contributed by atoms with Gasteiger partial charge < -0.3 is 15.4 Å². The van der Waals surface area contributed by atoms with Crippen molar-refractivity contribution >= 4 is 34.6 Å². The number of non-ortho nitro benzene ring substituents is 1. The maximum absolute atomic E-state index is 10.6. The van der Waals surface area contributed by atoms with Crippen LogP contribution in [0.25, 0.3) is 0 Å². The van der Waals surface area contributed by atoms with E-state index in [1.54, 1.807) is 7.11 Å². The Morgan fingerprint density at radius 1 is 1.26 bits per heavy atom. The maximum atomic E-state index is 10.6. The molecule has 8 heteroatoms. The number of halogens is 2. The molecule has 19 heavy (non-hydrogen) atoms. The van der Waals surface area contributed by atoms with Crippen LogP contribution in [0.3, 0.4) is 0 Å². The molecule has 0 aliphatic carbocycles. The van der Waals surface area contributed by atoms with E-state index in [9.17, 15) is 10.1 Å². The van der Waals surface area contributed by atoms with Gasteiger partial charge in [-0.2, -0.15) is 0 Å². The number of rotatable bonds is 8. The quantitative estimate of drug-likeness (QED) is 0.438. The minimum absolute atomic E-state index is 0.126. The Morgan fingerprint density at radius 2 is 1.89 bits per heavy atom. The second-order valence-electron chi connectivity index (χ2n) is 3.71. The van der Waals surface area contributed by atoms with Crippen LogP contribution in [0.5, 0.6) is 0 Å². The highest BCUT2D eigenvalue weighted by Crippen LogP contribution is 2.34. The largest absolute Gasteiger partial charge is 0.383 e. The highest BCUT2D eigenvalue weighted by Gasteiger charge is 2.13. The molecule has 6 nitrogen and oxygen atoms in total. The van der Waals surface area contributed by atoms with Crippen LogP contribution in [-0.2, 0) is 4.74 Å². The van der Waals surface area contributed by atoms with Crippen molar-refractivity contribution in [2.75, 3.05) is 38.7 Å². The zero-order valence-corrected chi connectivity index (χ0v) is 11.9. The molecule has 0 fully saturated rings. The van der Waals surface area contributed by atoms with Crippen molar-refractivity contribution in [3.8, 4) is 0 Å². The monoisotopic (exact) mass is 307 g/mol. The first-order valence-electron chi connectivity index (χ1n) is 5.63.